The molecule has 2 nitrogen and oxygen atoms in total. The Morgan fingerprint density at radius 2 is 2.06 bits per heavy atom. The number of benzene rings is 1. The Balaban J connectivity index is 2.46. The summed E-state index contributed by atoms with van der Waals surface area (Å²) in [5.41, 5.74) is 2.14. The van der Waals surface area contributed by atoms with E-state index < -0.39 is 0 Å². The molecule has 102 valence electrons. The largest absolute Gasteiger partial charge is 0.393 e. The van der Waals surface area contributed by atoms with Gasteiger partial charge < -0.3 is 10.4 Å². The first-order chi connectivity index (χ1) is 8.30. The minimum absolute atomic E-state index is 0.0576. The molecule has 3 heteroatoms. The van der Waals surface area contributed by atoms with Gasteiger partial charge in [-0.3, -0.25) is 0 Å². The molecule has 0 heterocycles. The highest BCUT2D eigenvalue weighted by Gasteiger charge is 2.19. The maximum Gasteiger partial charge on any atom is 0.123 e. The molecule has 0 saturated carbocycles. The molecule has 1 aromatic rings. The van der Waals surface area contributed by atoms with E-state index in [4.69, 9.17) is 0 Å². The van der Waals surface area contributed by atoms with Gasteiger partial charge in [0.1, 0.15) is 5.82 Å². The molecule has 0 aliphatic carbocycles. The Labute approximate surface area is 109 Å². The molecule has 1 unspecified atom stereocenters. The fourth-order valence-electron chi connectivity index (χ4n) is 2.27. The molecule has 0 aromatic heterocycles. The summed E-state index contributed by atoms with van der Waals surface area (Å²) in [6.45, 7) is 9.55. The van der Waals surface area contributed by atoms with Crippen molar-refractivity contribution < 1.29 is 9.50 Å². The van der Waals surface area contributed by atoms with Gasteiger partial charge in [-0.25, -0.2) is 4.39 Å². The van der Waals surface area contributed by atoms with Crippen LogP contribution in [0.25, 0.3) is 0 Å². The number of hydrogen-bond donors (Lipinski definition) is 2. The highest BCUT2D eigenvalue weighted by atomic mass is 19.1. The molecule has 0 amide bonds. The average molecular weight is 253 g/mol. The second-order valence-corrected chi connectivity index (χ2v) is 5.89. The average Bonchev–Trinajstić information content (AvgIpc) is 2.19. The molecule has 0 fully saturated rings. The van der Waals surface area contributed by atoms with Crippen LogP contribution in [0.4, 0.5) is 4.39 Å². The summed E-state index contributed by atoms with van der Waals surface area (Å²) in [6, 6.07) is 4.86. The Morgan fingerprint density at radius 3 is 2.61 bits per heavy atom. The van der Waals surface area contributed by atoms with Gasteiger partial charge in [-0.15, -0.1) is 0 Å². The summed E-state index contributed by atoms with van der Waals surface area (Å²) in [5, 5.41) is 12.8. The van der Waals surface area contributed by atoms with Crippen molar-refractivity contribution >= 4 is 0 Å². The molecule has 2 N–H and O–H groups in total. The Kier molecular flexibility index (Phi) is 5.29. The van der Waals surface area contributed by atoms with E-state index in [9.17, 15) is 9.50 Å². The van der Waals surface area contributed by atoms with Gasteiger partial charge in [0.2, 0.25) is 0 Å². The topological polar surface area (TPSA) is 32.3 Å². The zero-order valence-corrected chi connectivity index (χ0v) is 11.8. The lowest BCUT2D eigenvalue weighted by molar-refractivity contribution is 0.128. The lowest BCUT2D eigenvalue weighted by atomic mass is 9.87. The molecule has 0 spiro atoms. The van der Waals surface area contributed by atoms with E-state index in [1.54, 1.807) is 6.07 Å². The van der Waals surface area contributed by atoms with Crippen LogP contribution in [-0.4, -0.2) is 17.8 Å². The third-order valence-electron chi connectivity index (χ3n) is 3.07. The van der Waals surface area contributed by atoms with Gasteiger partial charge in [-0.05, 0) is 48.9 Å². The first kappa shape index (κ1) is 15.1. The van der Waals surface area contributed by atoms with E-state index in [0.717, 1.165) is 30.6 Å². The summed E-state index contributed by atoms with van der Waals surface area (Å²) in [4.78, 5) is 0. The molecule has 1 atom stereocenters. The van der Waals surface area contributed by atoms with E-state index >= 15 is 0 Å². The third kappa shape index (κ3) is 5.15. The van der Waals surface area contributed by atoms with Gasteiger partial charge in [-0.1, -0.05) is 19.9 Å². The Morgan fingerprint density at radius 1 is 1.39 bits per heavy atom. The van der Waals surface area contributed by atoms with Crippen LogP contribution in [0, 0.1) is 18.2 Å². The van der Waals surface area contributed by atoms with Crippen LogP contribution in [0.3, 0.4) is 0 Å². The standard InChI is InChI=1S/C15H24FNO/c1-11-7-14(16)6-5-13(11)9-17-10-15(3,4)8-12(2)18/h5-7,12,17-18H,8-10H2,1-4H3. The number of aliphatic hydroxyl groups excluding tert-OH is 1. The zero-order chi connectivity index (χ0) is 13.8. The van der Waals surface area contributed by atoms with Crippen LogP contribution in [0.5, 0.6) is 0 Å². The number of hydrogen-bond acceptors (Lipinski definition) is 2. The molecule has 0 saturated heterocycles. The number of halogens is 1. The van der Waals surface area contributed by atoms with E-state index in [2.05, 4.69) is 19.2 Å². The molecule has 0 radical (unpaired) electrons. The summed E-state index contributed by atoms with van der Waals surface area (Å²) in [5.74, 6) is -0.189. The molecular weight excluding hydrogens is 229 g/mol. The van der Waals surface area contributed by atoms with Crippen molar-refractivity contribution in [1.29, 1.82) is 0 Å². The lowest BCUT2D eigenvalue weighted by Crippen LogP contribution is -2.31. The summed E-state index contributed by atoms with van der Waals surface area (Å²) < 4.78 is 13.0. The van der Waals surface area contributed by atoms with E-state index in [-0.39, 0.29) is 17.3 Å². The van der Waals surface area contributed by atoms with Gasteiger partial charge in [0, 0.05) is 13.1 Å². The van der Waals surface area contributed by atoms with Crippen molar-refractivity contribution in [3.05, 3.63) is 35.1 Å². The van der Waals surface area contributed by atoms with Crippen molar-refractivity contribution in [3.63, 3.8) is 0 Å². The number of rotatable bonds is 6. The highest BCUT2D eigenvalue weighted by molar-refractivity contribution is 5.26. The smallest absolute Gasteiger partial charge is 0.123 e. The molecular formula is C15H24FNO. The fourth-order valence-corrected chi connectivity index (χ4v) is 2.27. The second-order valence-electron chi connectivity index (χ2n) is 5.89. The quantitative estimate of drug-likeness (QED) is 0.817. The molecule has 0 aliphatic heterocycles. The summed E-state index contributed by atoms with van der Waals surface area (Å²) in [6.07, 6.45) is 0.483. The summed E-state index contributed by atoms with van der Waals surface area (Å²) >= 11 is 0. The number of nitrogens with one attached hydrogen (secondary N) is 1. The van der Waals surface area contributed by atoms with Crippen molar-refractivity contribution in [2.24, 2.45) is 5.41 Å². The maximum atomic E-state index is 13.0. The molecule has 18 heavy (non-hydrogen) atoms. The molecule has 1 rings (SSSR count). The van der Waals surface area contributed by atoms with E-state index in [0.29, 0.717) is 0 Å². The predicted molar refractivity (Wildman–Crippen MR) is 72.9 cm³/mol. The van der Waals surface area contributed by atoms with Gasteiger partial charge in [0.15, 0.2) is 0 Å². The SMILES string of the molecule is Cc1cc(F)ccc1CNCC(C)(C)CC(C)O. The van der Waals surface area contributed by atoms with E-state index in [1.807, 2.05) is 19.9 Å². The lowest BCUT2D eigenvalue weighted by Gasteiger charge is -2.26. The van der Waals surface area contributed by atoms with E-state index in [1.165, 1.54) is 6.07 Å². The minimum Gasteiger partial charge on any atom is -0.393 e. The number of aryl methyl sites for hydroxylation is 1. The highest BCUT2D eigenvalue weighted by Crippen LogP contribution is 2.21. The van der Waals surface area contributed by atoms with Crippen molar-refractivity contribution in [3.8, 4) is 0 Å². The minimum atomic E-state index is -0.283. The zero-order valence-electron chi connectivity index (χ0n) is 11.8. The van der Waals surface area contributed by atoms with Crippen LogP contribution in [0.1, 0.15) is 38.3 Å². The third-order valence-corrected chi connectivity index (χ3v) is 3.07. The first-order valence-electron chi connectivity index (χ1n) is 6.44. The monoisotopic (exact) mass is 253 g/mol. The first-order valence-corrected chi connectivity index (χ1v) is 6.44. The normalized spacial score (nSPS) is 13.7. The summed E-state index contributed by atoms with van der Waals surface area (Å²) in [7, 11) is 0. The van der Waals surface area contributed by atoms with Crippen LogP contribution < -0.4 is 5.32 Å². The molecule has 0 aliphatic rings. The Bertz CT molecular complexity index is 388. The van der Waals surface area contributed by atoms with Crippen LogP contribution in [-0.2, 0) is 6.54 Å². The fraction of sp³-hybridized carbons (Fsp3) is 0.600. The van der Waals surface area contributed by atoms with Gasteiger partial charge in [0.25, 0.3) is 0 Å². The Hall–Kier alpha value is -0.930. The molecule has 1 aromatic carbocycles. The van der Waals surface area contributed by atoms with Crippen LogP contribution in [0.15, 0.2) is 18.2 Å². The van der Waals surface area contributed by atoms with Crippen molar-refractivity contribution in [2.45, 2.75) is 46.8 Å². The van der Waals surface area contributed by atoms with Gasteiger partial charge in [-0.2, -0.15) is 0 Å². The molecule has 0 bridgehead atoms. The van der Waals surface area contributed by atoms with Crippen LogP contribution >= 0.6 is 0 Å². The number of aliphatic hydroxyl groups is 1. The van der Waals surface area contributed by atoms with Gasteiger partial charge in [0.05, 0.1) is 6.10 Å². The van der Waals surface area contributed by atoms with Gasteiger partial charge >= 0.3 is 0 Å². The predicted octanol–water partition coefficient (Wildman–Crippen LogP) is 3.02. The van der Waals surface area contributed by atoms with Crippen molar-refractivity contribution in [2.75, 3.05) is 6.54 Å². The maximum absolute atomic E-state index is 13.0. The van der Waals surface area contributed by atoms with Crippen LogP contribution in [0.2, 0.25) is 0 Å². The van der Waals surface area contributed by atoms with Crippen molar-refractivity contribution in [1.82, 2.24) is 5.32 Å². The second kappa shape index (κ2) is 6.30.